The van der Waals surface area contributed by atoms with E-state index >= 15 is 0 Å². The second-order valence-electron chi connectivity index (χ2n) is 5.67. The summed E-state index contributed by atoms with van der Waals surface area (Å²) in [6.45, 7) is -2.13. The molecule has 3 nitrogen and oxygen atoms in total. The highest BCUT2D eigenvalue weighted by molar-refractivity contribution is 5.34. The Hall–Kier alpha value is -2.21. The van der Waals surface area contributed by atoms with Crippen molar-refractivity contribution in [2.45, 2.75) is 18.8 Å². The molecule has 0 aliphatic carbocycles. The van der Waals surface area contributed by atoms with Crippen molar-refractivity contribution in [3.8, 4) is 11.5 Å². The third-order valence-corrected chi connectivity index (χ3v) is 3.47. The van der Waals surface area contributed by atoms with Crippen molar-refractivity contribution in [3.05, 3.63) is 59.7 Å². The highest BCUT2D eigenvalue weighted by Gasteiger charge is 2.29. The van der Waals surface area contributed by atoms with Crippen LogP contribution in [-0.4, -0.2) is 37.5 Å². The van der Waals surface area contributed by atoms with Crippen molar-refractivity contribution in [3.63, 3.8) is 0 Å². The van der Waals surface area contributed by atoms with Gasteiger partial charge in [0.2, 0.25) is 0 Å². The molecular formula is C19H21F3O3. The molecule has 0 aliphatic rings. The van der Waals surface area contributed by atoms with Crippen LogP contribution in [0.15, 0.2) is 48.5 Å². The molecule has 0 fully saturated rings. The van der Waals surface area contributed by atoms with Crippen molar-refractivity contribution in [1.82, 2.24) is 0 Å². The highest BCUT2D eigenvalue weighted by Crippen LogP contribution is 2.20. The lowest BCUT2D eigenvalue weighted by molar-refractivity contribution is -0.0584. The fraction of sp³-hybridized carbons (Fsp3) is 0.368. The third-order valence-electron chi connectivity index (χ3n) is 3.47. The minimum atomic E-state index is -3.46. The summed E-state index contributed by atoms with van der Waals surface area (Å²) in [5.74, 6) is -2.43. The Balaban J connectivity index is 1.86. The van der Waals surface area contributed by atoms with Gasteiger partial charge in [0.1, 0.15) is 11.5 Å². The molecule has 0 radical (unpaired) electrons. The van der Waals surface area contributed by atoms with E-state index < -0.39 is 19.2 Å². The number of hydrogen-bond donors (Lipinski definition) is 1. The normalized spacial score (nSPS) is 11.4. The summed E-state index contributed by atoms with van der Waals surface area (Å²) in [4.78, 5) is 0. The first kappa shape index (κ1) is 19.1. The number of alkyl halides is 3. The van der Waals surface area contributed by atoms with Crippen LogP contribution >= 0.6 is 0 Å². The molecule has 2 aromatic carbocycles. The van der Waals surface area contributed by atoms with Crippen LogP contribution in [-0.2, 0) is 6.42 Å². The third kappa shape index (κ3) is 6.66. The monoisotopic (exact) mass is 354 g/mol. The first-order chi connectivity index (χ1) is 12.0. The van der Waals surface area contributed by atoms with Crippen molar-refractivity contribution >= 4 is 0 Å². The van der Waals surface area contributed by atoms with Gasteiger partial charge >= 0.3 is 5.92 Å². The molecule has 0 saturated carbocycles. The molecule has 0 saturated heterocycles. The SMILES string of the molecule is OCCCOc1ccc(Cc2ccc(OCC(F)(F)CF)cc2)cc1. The molecule has 0 bridgehead atoms. The summed E-state index contributed by atoms with van der Waals surface area (Å²) >= 11 is 0. The van der Waals surface area contributed by atoms with Crippen LogP contribution < -0.4 is 9.47 Å². The number of aliphatic hydroxyl groups excluding tert-OH is 1. The Morgan fingerprint density at radius 1 is 0.840 bits per heavy atom. The zero-order chi connectivity index (χ0) is 18.1. The zero-order valence-corrected chi connectivity index (χ0v) is 13.8. The highest BCUT2D eigenvalue weighted by atomic mass is 19.3. The van der Waals surface area contributed by atoms with Gasteiger partial charge in [-0.05, 0) is 41.8 Å². The summed E-state index contributed by atoms with van der Waals surface area (Å²) in [7, 11) is 0. The molecule has 0 aliphatic heterocycles. The number of benzene rings is 2. The van der Waals surface area contributed by atoms with Crippen LogP contribution in [0.2, 0.25) is 0 Å². The largest absolute Gasteiger partial charge is 0.494 e. The number of hydrogen-bond acceptors (Lipinski definition) is 3. The Bertz CT molecular complexity index is 627. The first-order valence-electron chi connectivity index (χ1n) is 8.00. The van der Waals surface area contributed by atoms with Crippen LogP contribution in [0.4, 0.5) is 13.2 Å². The van der Waals surface area contributed by atoms with Gasteiger partial charge in [-0.15, -0.1) is 0 Å². The second kappa shape index (κ2) is 9.32. The lowest BCUT2D eigenvalue weighted by Crippen LogP contribution is -2.27. The molecule has 0 aromatic heterocycles. The van der Waals surface area contributed by atoms with E-state index in [-0.39, 0.29) is 12.4 Å². The fourth-order valence-corrected chi connectivity index (χ4v) is 2.12. The molecule has 0 unspecified atom stereocenters. The standard InChI is InChI=1S/C19H21F3O3/c20-13-19(21,22)14-25-18-8-4-16(5-9-18)12-15-2-6-17(7-3-15)24-11-1-10-23/h2-9,23H,1,10-14H2. The molecule has 2 rings (SSSR count). The van der Waals surface area contributed by atoms with E-state index in [2.05, 4.69) is 0 Å². The van der Waals surface area contributed by atoms with E-state index in [4.69, 9.17) is 14.6 Å². The van der Waals surface area contributed by atoms with Crippen LogP contribution in [0, 0.1) is 0 Å². The molecule has 0 amide bonds. The van der Waals surface area contributed by atoms with Gasteiger partial charge in [0.05, 0.1) is 6.61 Å². The van der Waals surface area contributed by atoms with Gasteiger partial charge in [-0.1, -0.05) is 24.3 Å². The Kier molecular flexibility index (Phi) is 7.13. The van der Waals surface area contributed by atoms with Crippen LogP contribution in [0.25, 0.3) is 0 Å². The number of halogens is 3. The Labute approximate surface area is 145 Å². The number of rotatable bonds is 10. The molecular weight excluding hydrogens is 333 g/mol. The lowest BCUT2D eigenvalue weighted by atomic mass is 10.0. The predicted molar refractivity (Wildman–Crippen MR) is 89.3 cm³/mol. The van der Waals surface area contributed by atoms with Crippen molar-refractivity contribution < 1.29 is 27.8 Å². The lowest BCUT2D eigenvalue weighted by Gasteiger charge is -2.13. The summed E-state index contributed by atoms with van der Waals surface area (Å²) in [6.07, 6.45) is 1.27. The van der Waals surface area contributed by atoms with Crippen LogP contribution in [0.3, 0.4) is 0 Å². The number of aliphatic hydroxyl groups is 1. The maximum Gasteiger partial charge on any atom is 0.309 e. The minimum Gasteiger partial charge on any atom is -0.494 e. The van der Waals surface area contributed by atoms with Crippen LogP contribution in [0.1, 0.15) is 17.5 Å². The molecule has 0 heterocycles. The molecule has 0 atom stereocenters. The van der Waals surface area contributed by atoms with Gasteiger partial charge in [0.25, 0.3) is 0 Å². The fourth-order valence-electron chi connectivity index (χ4n) is 2.12. The van der Waals surface area contributed by atoms with Crippen molar-refractivity contribution in [2.24, 2.45) is 0 Å². The summed E-state index contributed by atoms with van der Waals surface area (Å²) in [6, 6.07) is 14.4. The van der Waals surface area contributed by atoms with E-state index in [0.717, 1.165) is 16.9 Å². The average molecular weight is 354 g/mol. The van der Waals surface area contributed by atoms with Crippen molar-refractivity contribution in [1.29, 1.82) is 0 Å². The summed E-state index contributed by atoms with van der Waals surface area (Å²) in [5, 5.41) is 8.72. The maximum atomic E-state index is 12.8. The van der Waals surface area contributed by atoms with Gasteiger partial charge in [-0.2, -0.15) is 8.78 Å². The topological polar surface area (TPSA) is 38.7 Å². The van der Waals surface area contributed by atoms with E-state index in [1.807, 2.05) is 24.3 Å². The minimum absolute atomic E-state index is 0.100. The first-order valence-corrected chi connectivity index (χ1v) is 8.00. The molecule has 0 spiro atoms. The van der Waals surface area contributed by atoms with Gasteiger partial charge in [0.15, 0.2) is 13.3 Å². The van der Waals surface area contributed by atoms with Crippen molar-refractivity contribution in [2.75, 3.05) is 26.5 Å². The molecule has 2 aromatic rings. The van der Waals surface area contributed by atoms with Gasteiger partial charge < -0.3 is 14.6 Å². The van der Waals surface area contributed by atoms with Crippen LogP contribution in [0.5, 0.6) is 11.5 Å². The van der Waals surface area contributed by atoms with E-state index in [9.17, 15) is 13.2 Å². The average Bonchev–Trinajstić information content (AvgIpc) is 2.63. The van der Waals surface area contributed by atoms with Gasteiger partial charge in [0, 0.05) is 13.0 Å². The van der Waals surface area contributed by atoms with Gasteiger partial charge in [-0.25, -0.2) is 4.39 Å². The van der Waals surface area contributed by atoms with E-state index in [1.165, 1.54) is 0 Å². The molecule has 1 N–H and O–H groups in total. The predicted octanol–water partition coefficient (Wildman–Crippen LogP) is 4.02. The quantitative estimate of drug-likeness (QED) is 0.655. The molecule has 6 heteroatoms. The Morgan fingerprint density at radius 2 is 1.36 bits per heavy atom. The van der Waals surface area contributed by atoms with E-state index in [1.54, 1.807) is 24.3 Å². The maximum absolute atomic E-state index is 12.8. The molecule has 136 valence electrons. The Morgan fingerprint density at radius 3 is 1.84 bits per heavy atom. The summed E-state index contributed by atoms with van der Waals surface area (Å²) < 4.78 is 48.0. The smallest absolute Gasteiger partial charge is 0.309 e. The zero-order valence-electron chi connectivity index (χ0n) is 13.8. The van der Waals surface area contributed by atoms with Gasteiger partial charge in [-0.3, -0.25) is 0 Å². The van der Waals surface area contributed by atoms with E-state index in [0.29, 0.717) is 19.4 Å². The number of ether oxygens (including phenoxy) is 2. The second-order valence-corrected chi connectivity index (χ2v) is 5.67. The summed E-state index contributed by atoms with van der Waals surface area (Å²) in [5.41, 5.74) is 2.07. The molecule has 25 heavy (non-hydrogen) atoms.